The summed E-state index contributed by atoms with van der Waals surface area (Å²) in [6, 6.07) is 0. The highest BCUT2D eigenvalue weighted by molar-refractivity contribution is 8.01. The van der Waals surface area contributed by atoms with E-state index in [1.807, 2.05) is 11.8 Å². The van der Waals surface area contributed by atoms with Gasteiger partial charge in [0.1, 0.15) is 0 Å². The summed E-state index contributed by atoms with van der Waals surface area (Å²) in [4.78, 5) is 0. The fraction of sp³-hybridized carbons (Fsp3) is 1.00. The molecule has 0 unspecified atom stereocenters. The average Bonchev–Trinajstić information content (AvgIpc) is 1.82. The summed E-state index contributed by atoms with van der Waals surface area (Å²) >= 11 is 1.91. The molecule has 1 saturated carbocycles. The Morgan fingerprint density at radius 1 is 1.64 bits per heavy atom. The molecule has 3 N–H and O–H groups in total. The third-order valence-corrected chi connectivity index (χ3v) is 3.54. The van der Waals surface area contributed by atoms with Crippen LogP contribution in [0.1, 0.15) is 26.7 Å². The van der Waals surface area contributed by atoms with E-state index in [1.54, 1.807) is 0 Å². The van der Waals surface area contributed by atoms with Gasteiger partial charge in [-0.2, -0.15) is 11.8 Å². The van der Waals surface area contributed by atoms with Crippen molar-refractivity contribution in [1.29, 1.82) is 0 Å². The molecular formula is C8H17NOS. The van der Waals surface area contributed by atoms with Gasteiger partial charge in [0.15, 0.2) is 0 Å². The zero-order valence-electron chi connectivity index (χ0n) is 7.21. The molecule has 66 valence electrons. The molecule has 0 aliphatic heterocycles. The lowest BCUT2D eigenvalue weighted by Crippen LogP contribution is -2.50. The van der Waals surface area contributed by atoms with E-state index in [2.05, 4.69) is 13.8 Å². The molecule has 0 amide bonds. The van der Waals surface area contributed by atoms with Gasteiger partial charge in [-0.3, -0.25) is 0 Å². The quantitative estimate of drug-likeness (QED) is 0.672. The predicted molar refractivity (Wildman–Crippen MR) is 49.8 cm³/mol. The minimum Gasteiger partial charge on any atom is -0.393 e. The Bertz CT molecular complexity index is 132. The van der Waals surface area contributed by atoms with Crippen molar-refractivity contribution in [3.63, 3.8) is 0 Å². The number of nitrogens with two attached hydrogens (primary N) is 1. The van der Waals surface area contributed by atoms with Crippen LogP contribution in [0.25, 0.3) is 0 Å². The van der Waals surface area contributed by atoms with Gasteiger partial charge in [-0.15, -0.1) is 0 Å². The molecule has 1 fully saturated rings. The van der Waals surface area contributed by atoms with E-state index in [1.165, 1.54) is 0 Å². The Morgan fingerprint density at radius 2 is 2.18 bits per heavy atom. The van der Waals surface area contributed by atoms with Crippen molar-refractivity contribution in [3.8, 4) is 0 Å². The molecule has 1 aliphatic carbocycles. The Labute approximate surface area is 72.5 Å². The van der Waals surface area contributed by atoms with Gasteiger partial charge in [0.05, 0.1) is 6.10 Å². The first-order valence-corrected chi connectivity index (χ1v) is 5.02. The van der Waals surface area contributed by atoms with Crippen LogP contribution in [0.2, 0.25) is 0 Å². The highest BCUT2D eigenvalue weighted by Gasteiger charge is 2.43. The number of aliphatic hydroxyl groups excluding tert-OH is 1. The van der Waals surface area contributed by atoms with Gasteiger partial charge < -0.3 is 10.8 Å². The van der Waals surface area contributed by atoms with Crippen LogP contribution in [0.4, 0.5) is 0 Å². The first-order chi connectivity index (χ1) is 5.08. The Balaban J connectivity index is 2.38. The Morgan fingerprint density at radius 3 is 2.45 bits per heavy atom. The molecule has 0 aromatic carbocycles. The summed E-state index contributed by atoms with van der Waals surface area (Å²) in [5.41, 5.74) is 5.65. The van der Waals surface area contributed by atoms with Crippen LogP contribution in [0.15, 0.2) is 0 Å². The topological polar surface area (TPSA) is 46.2 Å². The zero-order valence-corrected chi connectivity index (χ0v) is 8.03. The van der Waals surface area contributed by atoms with Crippen molar-refractivity contribution in [2.75, 3.05) is 6.54 Å². The zero-order chi connectivity index (χ0) is 8.48. The van der Waals surface area contributed by atoms with Crippen LogP contribution < -0.4 is 5.73 Å². The minimum atomic E-state index is -0.0928. The van der Waals surface area contributed by atoms with Crippen molar-refractivity contribution in [1.82, 2.24) is 0 Å². The Hall–Kier alpha value is 0.270. The van der Waals surface area contributed by atoms with Gasteiger partial charge in [0.25, 0.3) is 0 Å². The summed E-state index contributed by atoms with van der Waals surface area (Å²) in [5.74, 6) is 0. The molecule has 0 atom stereocenters. The Kier molecular flexibility index (Phi) is 2.84. The van der Waals surface area contributed by atoms with E-state index in [9.17, 15) is 0 Å². The third kappa shape index (κ3) is 2.10. The summed E-state index contributed by atoms with van der Waals surface area (Å²) in [6.45, 7) is 5.05. The lowest BCUT2D eigenvalue weighted by Gasteiger charge is -2.45. The van der Waals surface area contributed by atoms with Gasteiger partial charge in [-0.25, -0.2) is 0 Å². The maximum atomic E-state index is 9.16. The lowest BCUT2D eigenvalue weighted by atomic mass is 9.81. The molecule has 1 rings (SSSR count). The second-order valence-corrected chi connectivity index (χ2v) is 5.66. The molecule has 0 aromatic rings. The van der Waals surface area contributed by atoms with Crippen LogP contribution in [0.3, 0.4) is 0 Å². The van der Waals surface area contributed by atoms with Gasteiger partial charge in [0, 0.05) is 11.3 Å². The average molecular weight is 175 g/mol. The normalized spacial score (nSPS) is 37.4. The third-order valence-electron chi connectivity index (χ3n) is 2.07. The molecule has 2 nitrogen and oxygen atoms in total. The SMILES string of the molecule is CC(C)SC1(CN)CC(O)C1. The summed E-state index contributed by atoms with van der Waals surface area (Å²) in [6.07, 6.45) is 1.67. The molecule has 1 aliphatic rings. The van der Waals surface area contributed by atoms with Gasteiger partial charge in [0.2, 0.25) is 0 Å². The van der Waals surface area contributed by atoms with Crippen LogP contribution in [0.5, 0.6) is 0 Å². The fourth-order valence-corrected chi connectivity index (χ4v) is 3.28. The molecule has 0 spiro atoms. The van der Waals surface area contributed by atoms with Crippen molar-refractivity contribution < 1.29 is 5.11 Å². The van der Waals surface area contributed by atoms with Crippen LogP contribution >= 0.6 is 11.8 Å². The summed E-state index contributed by atoms with van der Waals surface area (Å²) in [7, 11) is 0. The van der Waals surface area contributed by atoms with E-state index in [0.29, 0.717) is 11.8 Å². The van der Waals surface area contributed by atoms with Gasteiger partial charge >= 0.3 is 0 Å². The van der Waals surface area contributed by atoms with Crippen LogP contribution in [-0.4, -0.2) is 27.8 Å². The number of hydrogen-bond acceptors (Lipinski definition) is 3. The maximum absolute atomic E-state index is 9.16. The van der Waals surface area contributed by atoms with Gasteiger partial charge in [-0.1, -0.05) is 13.8 Å². The molecule has 0 bridgehead atoms. The van der Waals surface area contributed by atoms with E-state index < -0.39 is 0 Å². The minimum absolute atomic E-state index is 0.0928. The number of rotatable bonds is 3. The molecule has 0 radical (unpaired) electrons. The van der Waals surface area contributed by atoms with E-state index in [-0.39, 0.29) is 10.9 Å². The number of aliphatic hydroxyl groups is 1. The molecule has 3 heteroatoms. The standard InChI is InChI=1S/C8H17NOS/c1-6(2)11-8(5-9)3-7(10)4-8/h6-7,10H,3-5,9H2,1-2H3. The molecule has 0 saturated heterocycles. The maximum Gasteiger partial charge on any atom is 0.0567 e. The van der Waals surface area contributed by atoms with Crippen molar-refractivity contribution in [2.45, 2.75) is 42.8 Å². The first kappa shape index (κ1) is 9.36. The summed E-state index contributed by atoms with van der Waals surface area (Å²) in [5, 5.41) is 9.78. The highest BCUT2D eigenvalue weighted by atomic mass is 32.2. The molecule has 11 heavy (non-hydrogen) atoms. The molecule has 0 heterocycles. The monoisotopic (exact) mass is 175 g/mol. The second kappa shape index (κ2) is 3.33. The van der Waals surface area contributed by atoms with Crippen LogP contribution in [0, 0.1) is 0 Å². The van der Waals surface area contributed by atoms with E-state index in [0.717, 1.165) is 12.8 Å². The van der Waals surface area contributed by atoms with Crippen molar-refractivity contribution in [3.05, 3.63) is 0 Å². The number of hydrogen-bond donors (Lipinski definition) is 2. The van der Waals surface area contributed by atoms with E-state index in [4.69, 9.17) is 10.8 Å². The van der Waals surface area contributed by atoms with Crippen LogP contribution in [-0.2, 0) is 0 Å². The fourth-order valence-electron chi connectivity index (χ4n) is 1.61. The largest absolute Gasteiger partial charge is 0.393 e. The smallest absolute Gasteiger partial charge is 0.0567 e. The summed E-state index contributed by atoms with van der Waals surface area (Å²) < 4.78 is 0.202. The molecule has 0 aromatic heterocycles. The van der Waals surface area contributed by atoms with Gasteiger partial charge in [-0.05, 0) is 18.1 Å². The van der Waals surface area contributed by atoms with Crippen molar-refractivity contribution >= 4 is 11.8 Å². The lowest BCUT2D eigenvalue weighted by molar-refractivity contribution is 0.0642. The first-order valence-electron chi connectivity index (χ1n) is 4.14. The van der Waals surface area contributed by atoms with E-state index >= 15 is 0 Å². The highest BCUT2D eigenvalue weighted by Crippen LogP contribution is 2.45. The number of thioether (sulfide) groups is 1. The van der Waals surface area contributed by atoms with Crippen molar-refractivity contribution in [2.24, 2.45) is 5.73 Å². The second-order valence-electron chi connectivity index (χ2n) is 3.62. The molecular weight excluding hydrogens is 158 g/mol. The predicted octanol–water partition coefficient (Wildman–Crippen LogP) is 0.980.